The molecule has 0 spiro atoms. The van der Waals surface area contributed by atoms with Gasteiger partial charge in [-0.2, -0.15) is 0 Å². The van der Waals surface area contributed by atoms with E-state index in [4.69, 9.17) is 8.64 Å². The Morgan fingerprint density at radius 1 is 1.19 bits per heavy atom. The van der Waals surface area contributed by atoms with Crippen molar-refractivity contribution < 1.29 is 30.9 Å². The summed E-state index contributed by atoms with van der Waals surface area (Å²) < 4.78 is 5.23. The van der Waals surface area contributed by atoms with Gasteiger partial charge in [-0.05, 0) is 0 Å². The van der Waals surface area contributed by atoms with Crippen molar-refractivity contribution in [2.75, 3.05) is 7.11 Å². The summed E-state index contributed by atoms with van der Waals surface area (Å²) >= 11 is 1.23. The van der Waals surface area contributed by atoms with Crippen molar-refractivity contribution in [2.45, 2.75) is 0 Å². The Balaban J connectivity index is 0. The molecule has 0 aliphatic rings. The molecular formula is C10H12CoGaNO3. The summed E-state index contributed by atoms with van der Waals surface area (Å²) in [7, 11) is 1.00. The summed E-state index contributed by atoms with van der Waals surface area (Å²) in [6, 6.07) is 9.87. The number of aliphatic hydroxyl groups excluding tert-OH is 1. The molecule has 0 unspecified atom stereocenters. The maximum atomic E-state index is 7.00. The zero-order valence-corrected chi connectivity index (χ0v) is 12.1. The molecule has 3 radical (unpaired) electrons. The number of hydrogen-bond acceptors (Lipinski definition) is 3. The van der Waals surface area contributed by atoms with E-state index in [2.05, 4.69) is 4.98 Å². The first-order valence-corrected chi connectivity index (χ1v) is 5.06. The van der Waals surface area contributed by atoms with Gasteiger partial charge in [0.25, 0.3) is 0 Å². The van der Waals surface area contributed by atoms with Gasteiger partial charge >= 0.3 is 80.7 Å². The molecule has 2 aromatic rings. The van der Waals surface area contributed by atoms with Crippen LogP contribution in [0.5, 0.6) is 5.75 Å². The van der Waals surface area contributed by atoms with Crippen LogP contribution < -0.4 is 3.53 Å². The molecule has 1 heterocycles. The maximum absolute atomic E-state index is 7.00. The fraction of sp³-hybridized carbons (Fsp3) is 0.100. The van der Waals surface area contributed by atoms with Crippen LogP contribution in [0.25, 0.3) is 10.9 Å². The van der Waals surface area contributed by atoms with Gasteiger partial charge in [0.05, 0.1) is 0 Å². The number of aromatic nitrogens is 1. The van der Waals surface area contributed by atoms with Crippen LogP contribution in [0.1, 0.15) is 0 Å². The monoisotopic (exact) mass is 322 g/mol. The topological polar surface area (TPSA) is 73.9 Å². The molecule has 2 rings (SSSR count). The number of pyridine rings is 1. The van der Waals surface area contributed by atoms with Gasteiger partial charge in [-0.1, -0.05) is 0 Å². The van der Waals surface area contributed by atoms with Crippen molar-refractivity contribution in [3.05, 3.63) is 36.5 Å². The van der Waals surface area contributed by atoms with Crippen molar-refractivity contribution in [3.63, 3.8) is 0 Å². The fourth-order valence-corrected chi connectivity index (χ4v) is 1.57. The molecule has 6 heteroatoms. The van der Waals surface area contributed by atoms with Crippen molar-refractivity contribution in [2.24, 2.45) is 0 Å². The third kappa shape index (κ3) is 4.16. The van der Waals surface area contributed by atoms with E-state index in [1.807, 2.05) is 30.3 Å². The standard InChI is InChI=1S/C9H7NO.CH4O.Co.Ga.H2O/c11-8-5-1-3-7-4-2-6-10-9(7)8;1-2;;;/h1-6,11H;2H,1H3;;;1H2/q;;;+1;/p-1. The summed E-state index contributed by atoms with van der Waals surface area (Å²) in [4.78, 5) is 4.24. The molecule has 0 amide bonds. The molecule has 0 fully saturated rings. The van der Waals surface area contributed by atoms with Gasteiger partial charge in [-0.15, -0.1) is 0 Å². The Labute approximate surface area is 115 Å². The normalized spacial score (nSPS) is 7.88. The number of benzene rings is 1. The third-order valence-electron chi connectivity index (χ3n) is 1.72. The van der Waals surface area contributed by atoms with Crippen LogP contribution in [-0.2, 0) is 16.8 Å². The molecule has 4 nitrogen and oxygen atoms in total. The van der Waals surface area contributed by atoms with Gasteiger partial charge in [0.1, 0.15) is 0 Å². The number of nitrogens with zero attached hydrogens (tertiary/aromatic N) is 1. The van der Waals surface area contributed by atoms with Crippen LogP contribution in [0.4, 0.5) is 0 Å². The minimum atomic E-state index is 0. The molecule has 16 heavy (non-hydrogen) atoms. The molecule has 0 aliphatic carbocycles. The fourth-order valence-electron chi connectivity index (χ4n) is 1.17. The zero-order chi connectivity index (χ0) is 10.4. The van der Waals surface area contributed by atoms with E-state index in [0.717, 1.165) is 23.8 Å². The molecule has 3 N–H and O–H groups in total. The predicted molar refractivity (Wildman–Crippen MR) is 59.9 cm³/mol. The Hall–Kier alpha value is -0.507. The first-order chi connectivity index (χ1) is 6.92. The van der Waals surface area contributed by atoms with Gasteiger partial charge in [0.2, 0.25) is 0 Å². The van der Waals surface area contributed by atoms with E-state index in [9.17, 15) is 0 Å². The van der Waals surface area contributed by atoms with Gasteiger partial charge in [0.15, 0.2) is 0 Å². The van der Waals surface area contributed by atoms with E-state index < -0.39 is 0 Å². The van der Waals surface area contributed by atoms with Crippen molar-refractivity contribution in [1.29, 1.82) is 0 Å². The van der Waals surface area contributed by atoms with Crippen LogP contribution in [-0.4, -0.2) is 41.6 Å². The Kier molecular flexibility index (Phi) is 10.8. The molecule has 1 aromatic heterocycles. The predicted octanol–water partition coefficient (Wildman–Crippen LogP) is 0.478. The summed E-state index contributed by atoms with van der Waals surface area (Å²) in [6.07, 6.45) is 1.78. The van der Waals surface area contributed by atoms with E-state index in [1.165, 1.54) is 19.0 Å². The molecule has 0 aliphatic heterocycles. The number of rotatable bonds is 1. The first kappa shape index (κ1) is 17.9. The average Bonchev–Trinajstić information content (AvgIpc) is 2.31. The van der Waals surface area contributed by atoms with Crippen LogP contribution in [0, 0.1) is 0 Å². The number of para-hydroxylation sites is 1. The number of aliphatic hydroxyl groups is 1. The first-order valence-electron chi connectivity index (χ1n) is 4.07. The summed E-state index contributed by atoms with van der Waals surface area (Å²) in [6.45, 7) is 0. The minimum absolute atomic E-state index is 0. The molecule has 0 saturated carbocycles. The van der Waals surface area contributed by atoms with E-state index in [-0.39, 0.29) is 22.3 Å². The average molecular weight is 323 g/mol. The van der Waals surface area contributed by atoms with Crippen LogP contribution in [0.2, 0.25) is 0 Å². The van der Waals surface area contributed by atoms with Crippen LogP contribution in [0.15, 0.2) is 36.5 Å². The van der Waals surface area contributed by atoms with Crippen LogP contribution >= 0.6 is 0 Å². The van der Waals surface area contributed by atoms with Gasteiger partial charge in [-0.25, -0.2) is 0 Å². The molecule has 0 saturated heterocycles. The second kappa shape index (κ2) is 9.70. The Morgan fingerprint density at radius 2 is 1.81 bits per heavy atom. The van der Waals surface area contributed by atoms with Crippen molar-refractivity contribution in [3.8, 4) is 5.75 Å². The zero-order valence-electron chi connectivity index (χ0n) is 8.68. The Bertz CT molecular complexity index is 409. The van der Waals surface area contributed by atoms with Gasteiger partial charge in [0, 0.05) is 23.9 Å². The number of hydrogen-bond donors (Lipinski definition) is 1. The third-order valence-corrected chi connectivity index (χ3v) is 2.26. The summed E-state index contributed by atoms with van der Waals surface area (Å²) in [5.41, 5.74) is 0.935. The molecule has 87 valence electrons. The summed E-state index contributed by atoms with van der Waals surface area (Å²) in [5, 5.41) is 8.12. The quantitative estimate of drug-likeness (QED) is 0.776. The van der Waals surface area contributed by atoms with Gasteiger partial charge in [-0.3, -0.25) is 0 Å². The second-order valence-electron chi connectivity index (χ2n) is 2.45. The Morgan fingerprint density at radius 3 is 2.44 bits per heavy atom. The SMILES string of the molecule is CO.O.[Co].[Ga][O]c1cccc2cccnc12. The summed E-state index contributed by atoms with van der Waals surface area (Å²) in [5.74, 6) is 0.855. The van der Waals surface area contributed by atoms with E-state index >= 15 is 0 Å². The molecular weight excluding hydrogens is 311 g/mol. The molecule has 1 aromatic carbocycles. The van der Waals surface area contributed by atoms with Gasteiger partial charge < -0.3 is 10.6 Å². The number of fused-ring (bicyclic) bond motifs is 1. The van der Waals surface area contributed by atoms with E-state index in [0.29, 0.717) is 0 Å². The van der Waals surface area contributed by atoms with E-state index in [1.54, 1.807) is 6.20 Å². The van der Waals surface area contributed by atoms with Crippen LogP contribution in [0.3, 0.4) is 0 Å². The molecule has 0 bridgehead atoms. The second-order valence-corrected chi connectivity index (χ2v) is 2.94. The van der Waals surface area contributed by atoms with Crippen molar-refractivity contribution in [1.82, 2.24) is 4.98 Å². The van der Waals surface area contributed by atoms with Crippen molar-refractivity contribution >= 4 is 29.9 Å². The molecule has 0 atom stereocenters.